The van der Waals surface area contributed by atoms with Gasteiger partial charge in [0.1, 0.15) is 5.75 Å². The molecule has 0 aliphatic heterocycles. The molecule has 0 radical (unpaired) electrons. The van der Waals surface area contributed by atoms with Crippen molar-refractivity contribution in [3.63, 3.8) is 0 Å². The SMILES string of the molecule is CC(C)Oc1ccc(CCCOc2cc(CCC(=O)O)n(-c3ccccc3)n2)c(Oc2ccc(Cl)cc2Cl)n1. The lowest BCUT2D eigenvalue weighted by atomic mass is 10.1. The first kappa shape index (κ1) is 28.3. The van der Waals surface area contributed by atoms with Gasteiger partial charge in [0, 0.05) is 34.8 Å². The number of ether oxygens (including phenoxy) is 3. The van der Waals surface area contributed by atoms with Gasteiger partial charge in [0.2, 0.25) is 17.6 Å². The van der Waals surface area contributed by atoms with Crippen LogP contribution in [0.2, 0.25) is 10.0 Å². The van der Waals surface area contributed by atoms with Gasteiger partial charge in [0.05, 0.1) is 29.8 Å². The zero-order chi connectivity index (χ0) is 27.8. The summed E-state index contributed by atoms with van der Waals surface area (Å²) in [5.41, 5.74) is 2.46. The van der Waals surface area contributed by atoms with Crippen molar-refractivity contribution in [1.82, 2.24) is 14.8 Å². The molecule has 0 bridgehead atoms. The Kier molecular flexibility index (Phi) is 9.68. The summed E-state index contributed by atoms with van der Waals surface area (Å²) in [5, 5.41) is 14.6. The van der Waals surface area contributed by atoms with Crippen molar-refractivity contribution in [2.24, 2.45) is 0 Å². The van der Waals surface area contributed by atoms with E-state index in [2.05, 4.69) is 10.1 Å². The van der Waals surface area contributed by atoms with E-state index >= 15 is 0 Å². The zero-order valence-corrected chi connectivity index (χ0v) is 23.2. The maximum absolute atomic E-state index is 11.1. The topological polar surface area (TPSA) is 95.7 Å². The number of hydrogen-bond donors (Lipinski definition) is 1. The third-order valence-corrected chi connectivity index (χ3v) is 6.10. The maximum Gasteiger partial charge on any atom is 0.303 e. The van der Waals surface area contributed by atoms with Gasteiger partial charge in [-0.25, -0.2) is 4.68 Å². The van der Waals surface area contributed by atoms with Crippen LogP contribution in [0.15, 0.2) is 66.7 Å². The monoisotopic (exact) mass is 569 g/mol. The van der Waals surface area contributed by atoms with Gasteiger partial charge in [-0.2, -0.15) is 4.98 Å². The number of aromatic nitrogens is 3. The summed E-state index contributed by atoms with van der Waals surface area (Å²) in [6.07, 6.45) is 1.56. The van der Waals surface area contributed by atoms with Crippen LogP contribution >= 0.6 is 23.2 Å². The number of aryl methyl sites for hydroxylation is 2. The Balaban J connectivity index is 1.45. The zero-order valence-electron chi connectivity index (χ0n) is 21.6. The molecule has 0 spiro atoms. The summed E-state index contributed by atoms with van der Waals surface area (Å²) in [4.78, 5) is 15.7. The molecule has 10 heteroatoms. The number of pyridine rings is 1. The number of para-hydroxylation sites is 1. The van der Waals surface area contributed by atoms with Crippen LogP contribution < -0.4 is 14.2 Å². The first-order valence-electron chi connectivity index (χ1n) is 12.6. The molecule has 0 atom stereocenters. The third-order valence-electron chi connectivity index (χ3n) is 5.57. The number of aliphatic carboxylic acids is 1. The average Bonchev–Trinajstić information content (AvgIpc) is 3.31. The van der Waals surface area contributed by atoms with Crippen LogP contribution in [-0.4, -0.2) is 38.6 Å². The highest BCUT2D eigenvalue weighted by Crippen LogP contribution is 2.33. The van der Waals surface area contributed by atoms with Crippen molar-refractivity contribution in [3.05, 3.63) is 88.0 Å². The van der Waals surface area contributed by atoms with Gasteiger partial charge in [-0.05, 0) is 63.1 Å². The molecule has 0 aliphatic carbocycles. The number of carboxylic acid groups (broad SMARTS) is 1. The summed E-state index contributed by atoms with van der Waals surface area (Å²) < 4.78 is 19.5. The molecule has 2 aromatic carbocycles. The predicted octanol–water partition coefficient (Wildman–Crippen LogP) is 7.18. The molecular weight excluding hydrogens is 541 g/mol. The second kappa shape index (κ2) is 13.4. The Morgan fingerprint density at radius 2 is 1.79 bits per heavy atom. The number of carbonyl (C=O) groups is 1. The maximum atomic E-state index is 11.1. The number of carboxylic acids is 1. The van der Waals surface area contributed by atoms with Crippen LogP contribution in [0, 0.1) is 0 Å². The van der Waals surface area contributed by atoms with Gasteiger partial charge >= 0.3 is 5.97 Å². The van der Waals surface area contributed by atoms with Crippen molar-refractivity contribution >= 4 is 29.2 Å². The second-order valence-corrected chi connectivity index (χ2v) is 9.87. The van der Waals surface area contributed by atoms with Crippen molar-refractivity contribution in [1.29, 1.82) is 0 Å². The number of benzene rings is 2. The third kappa shape index (κ3) is 8.12. The molecular formula is C29H29Cl2N3O5. The number of halogens is 2. The molecule has 0 aliphatic rings. The molecule has 2 heterocycles. The van der Waals surface area contributed by atoms with E-state index in [4.69, 9.17) is 42.5 Å². The van der Waals surface area contributed by atoms with E-state index in [-0.39, 0.29) is 12.5 Å². The number of nitrogens with zero attached hydrogens (tertiary/aromatic N) is 3. The normalized spacial score (nSPS) is 11.0. The van der Waals surface area contributed by atoms with Crippen LogP contribution in [0.5, 0.6) is 23.4 Å². The highest BCUT2D eigenvalue weighted by molar-refractivity contribution is 6.35. The lowest BCUT2D eigenvalue weighted by Crippen LogP contribution is -2.08. The molecule has 4 aromatic rings. The summed E-state index contributed by atoms with van der Waals surface area (Å²) in [7, 11) is 0. The first-order valence-corrected chi connectivity index (χ1v) is 13.3. The highest BCUT2D eigenvalue weighted by atomic mass is 35.5. The van der Waals surface area contributed by atoms with E-state index in [0.29, 0.717) is 59.3 Å². The summed E-state index contributed by atoms with van der Waals surface area (Å²) in [6, 6.07) is 20.1. The van der Waals surface area contributed by atoms with Gasteiger partial charge in [-0.3, -0.25) is 4.79 Å². The minimum Gasteiger partial charge on any atom is -0.481 e. The fourth-order valence-corrected chi connectivity index (χ4v) is 4.26. The summed E-state index contributed by atoms with van der Waals surface area (Å²) >= 11 is 12.3. The first-order chi connectivity index (χ1) is 18.8. The largest absolute Gasteiger partial charge is 0.481 e. The van der Waals surface area contributed by atoms with Gasteiger partial charge in [-0.1, -0.05) is 41.4 Å². The fraction of sp³-hybridized carbons (Fsp3) is 0.276. The van der Waals surface area contributed by atoms with Crippen LogP contribution in [0.4, 0.5) is 0 Å². The fourth-order valence-electron chi connectivity index (χ4n) is 3.81. The Hall–Kier alpha value is -3.75. The van der Waals surface area contributed by atoms with Crippen LogP contribution in [0.25, 0.3) is 5.69 Å². The lowest BCUT2D eigenvalue weighted by Gasteiger charge is -2.14. The highest BCUT2D eigenvalue weighted by Gasteiger charge is 2.15. The van der Waals surface area contributed by atoms with Crippen LogP contribution in [0.3, 0.4) is 0 Å². The number of hydrogen-bond acceptors (Lipinski definition) is 6. The molecule has 0 saturated heterocycles. The van der Waals surface area contributed by atoms with Crippen LogP contribution in [0.1, 0.15) is 37.9 Å². The minimum atomic E-state index is -0.866. The molecule has 8 nitrogen and oxygen atoms in total. The standard InChI is InChI=1S/C29H29Cl2N3O5/c1-19(2)38-26-14-10-20(29(32-26)39-25-13-11-21(30)17-24(25)31)7-6-16-37-27-18-23(12-15-28(35)36)34(33-27)22-8-4-3-5-9-22/h3-5,8-11,13-14,17-19H,6-7,12,15-16H2,1-2H3,(H,35,36). The van der Waals surface area contributed by atoms with Gasteiger partial charge in [0.15, 0.2) is 0 Å². The molecule has 2 aromatic heterocycles. The van der Waals surface area contributed by atoms with E-state index in [1.165, 1.54) is 0 Å². The van der Waals surface area contributed by atoms with E-state index in [1.807, 2.05) is 56.3 Å². The van der Waals surface area contributed by atoms with Crippen molar-refractivity contribution in [3.8, 4) is 29.1 Å². The lowest BCUT2D eigenvalue weighted by molar-refractivity contribution is -0.136. The van der Waals surface area contributed by atoms with Gasteiger partial charge in [-0.15, -0.1) is 5.10 Å². The Morgan fingerprint density at radius 3 is 2.51 bits per heavy atom. The molecule has 39 heavy (non-hydrogen) atoms. The van der Waals surface area contributed by atoms with Gasteiger partial charge < -0.3 is 19.3 Å². The molecule has 1 N–H and O–H groups in total. The molecule has 204 valence electrons. The number of rotatable bonds is 13. The Labute approximate surface area is 237 Å². The molecule has 0 amide bonds. The summed E-state index contributed by atoms with van der Waals surface area (Å²) in [6.45, 7) is 4.24. The van der Waals surface area contributed by atoms with Crippen molar-refractivity contribution in [2.75, 3.05) is 6.61 Å². The molecule has 0 unspecified atom stereocenters. The predicted molar refractivity (Wildman–Crippen MR) is 150 cm³/mol. The second-order valence-electron chi connectivity index (χ2n) is 9.02. The molecule has 0 saturated carbocycles. The van der Waals surface area contributed by atoms with Gasteiger partial charge in [0.25, 0.3) is 0 Å². The van der Waals surface area contributed by atoms with E-state index in [0.717, 1.165) is 16.9 Å². The summed E-state index contributed by atoms with van der Waals surface area (Å²) in [5.74, 6) is 0.845. The molecule has 4 rings (SSSR count). The Morgan fingerprint density at radius 1 is 1.00 bits per heavy atom. The van der Waals surface area contributed by atoms with E-state index in [1.54, 1.807) is 28.9 Å². The smallest absolute Gasteiger partial charge is 0.303 e. The molecule has 0 fully saturated rings. The van der Waals surface area contributed by atoms with Crippen molar-refractivity contribution < 1.29 is 24.1 Å². The Bertz CT molecular complexity index is 1410. The average molecular weight is 570 g/mol. The quantitative estimate of drug-likeness (QED) is 0.170. The van der Waals surface area contributed by atoms with Crippen molar-refractivity contribution in [2.45, 2.75) is 45.6 Å². The minimum absolute atomic E-state index is 0.00188. The van der Waals surface area contributed by atoms with E-state index in [9.17, 15) is 4.79 Å². The van der Waals surface area contributed by atoms with E-state index < -0.39 is 5.97 Å². The van der Waals surface area contributed by atoms with Crippen LogP contribution in [-0.2, 0) is 17.6 Å².